The van der Waals surface area contributed by atoms with Crippen LogP contribution < -0.4 is 10.5 Å². The van der Waals surface area contributed by atoms with Gasteiger partial charge in [-0.2, -0.15) is 36.9 Å². The normalized spacial score (nSPS) is 12.5. The molecule has 18 heteroatoms. The Morgan fingerprint density at radius 1 is 0.979 bits per heavy atom. The van der Waals surface area contributed by atoms with E-state index >= 15 is 4.39 Å². The molecule has 0 saturated heterocycles. The lowest BCUT2D eigenvalue weighted by Gasteiger charge is -2.18. The number of alkyl halides is 5. The van der Waals surface area contributed by atoms with Crippen LogP contribution in [-0.2, 0) is 12.6 Å². The summed E-state index contributed by atoms with van der Waals surface area (Å²) in [4.78, 5) is 11.5. The van der Waals surface area contributed by atoms with Crippen LogP contribution >= 0.6 is 11.6 Å². The van der Waals surface area contributed by atoms with Crippen molar-refractivity contribution in [2.75, 3.05) is 0 Å². The predicted molar refractivity (Wildman–Crippen MR) is 157 cm³/mol. The van der Waals surface area contributed by atoms with Gasteiger partial charge >= 0.3 is 12.7 Å². The summed E-state index contributed by atoms with van der Waals surface area (Å²) in [7, 11) is 0. The highest BCUT2D eigenvalue weighted by Crippen LogP contribution is 2.35. The highest BCUT2D eigenvalue weighted by molar-refractivity contribution is 6.31. The van der Waals surface area contributed by atoms with E-state index in [4.69, 9.17) is 17.3 Å². The maximum atomic E-state index is 15.5. The number of carbonyl (C=O) groups excluding carboxylic acids is 1. The van der Waals surface area contributed by atoms with Crippen molar-refractivity contribution in [1.82, 2.24) is 34.6 Å². The number of primary amides is 1. The second-order valence-electron chi connectivity index (χ2n) is 10.4. The van der Waals surface area contributed by atoms with Crippen LogP contribution in [0.25, 0.3) is 27.9 Å². The summed E-state index contributed by atoms with van der Waals surface area (Å²) in [6.45, 7) is -2.90. The molecule has 2 aromatic carbocycles. The number of pyridine rings is 1. The van der Waals surface area contributed by atoms with Crippen LogP contribution in [0, 0.1) is 11.0 Å². The number of nitrogens with zero attached hydrogens (tertiary/aromatic N) is 8. The molecule has 11 nitrogen and oxygen atoms in total. The molecule has 0 saturated carbocycles. The molecule has 0 spiro atoms. The van der Waals surface area contributed by atoms with Gasteiger partial charge in [-0.15, -0.1) is 5.10 Å². The minimum Gasteiger partial charge on any atom is -0.618 e. The lowest BCUT2D eigenvalue weighted by molar-refractivity contribution is -0.615. The largest absolute Gasteiger partial charge is 0.618 e. The van der Waals surface area contributed by atoms with Crippen LogP contribution in [-0.4, -0.2) is 40.5 Å². The molecule has 4 aromatic heterocycles. The Morgan fingerprint density at radius 2 is 1.71 bits per heavy atom. The Kier molecular flexibility index (Phi) is 8.38. The maximum Gasteiger partial charge on any atom is 0.436 e. The summed E-state index contributed by atoms with van der Waals surface area (Å²) in [5.41, 5.74) is 5.18. The van der Waals surface area contributed by atoms with Gasteiger partial charge in [-0.05, 0) is 42.0 Å². The van der Waals surface area contributed by atoms with E-state index in [2.05, 4.69) is 20.5 Å². The van der Waals surface area contributed by atoms with Gasteiger partial charge in [-0.3, -0.25) is 9.48 Å². The number of nitrogens with two attached hydrogens (primary N) is 1. The van der Waals surface area contributed by atoms with Gasteiger partial charge in [0.2, 0.25) is 11.6 Å². The number of rotatable bonds is 9. The predicted octanol–water partition coefficient (Wildman–Crippen LogP) is 5.77. The first-order valence-corrected chi connectivity index (χ1v) is 14.2. The SMILES string of the molecule is NC(=O)c1ccc(-c2cnn([C@H](Cc3ccn(C(F)F)n3)c3ccc(-c4c(-n5cc(C(F)(F)F)nn5)ccc(Cl)c4F)c[n+]3[O-])c2)cc1. The number of hydrogen-bond donors (Lipinski definition) is 1. The number of carbonyl (C=O) groups is 1. The van der Waals surface area contributed by atoms with Crippen molar-refractivity contribution in [2.45, 2.75) is 25.2 Å². The molecular formula is C30H20ClF6N9O2. The Labute approximate surface area is 271 Å². The van der Waals surface area contributed by atoms with E-state index in [1.807, 2.05) is 0 Å². The zero-order valence-corrected chi connectivity index (χ0v) is 24.8. The molecule has 1 amide bonds. The fraction of sp³-hybridized carbons (Fsp3) is 0.133. The third-order valence-corrected chi connectivity index (χ3v) is 7.66. The van der Waals surface area contributed by atoms with Crippen molar-refractivity contribution in [3.05, 3.63) is 124 Å². The first kappa shape index (κ1) is 32.2. The smallest absolute Gasteiger partial charge is 0.436 e. The molecule has 2 N–H and O–H groups in total. The van der Waals surface area contributed by atoms with Gasteiger partial charge in [-0.25, -0.2) is 13.8 Å². The highest BCUT2D eigenvalue weighted by atomic mass is 35.5. The number of benzene rings is 2. The molecule has 6 aromatic rings. The summed E-state index contributed by atoms with van der Waals surface area (Å²) >= 11 is 6.01. The Hall–Kier alpha value is -5.71. The molecule has 0 aliphatic carbocycles. The molecule has 0 fully saturated rings. The van der Waals surface area contributed by atoms with Gasteiger partial charge in [0.1, 0.15) is 6.04 Å². The summed E-state index contributed by atoms with van der Waals surface area (Å²) in [6, 6.07) is 11.8. The van der Waals surface area contributed by atoms with E-state index in [1.165, 1.54) is 47.3 Å². The molecule has 0 unspecified atom stereocenters. The van der Waals surface area contributed by atoms with Crippen LogP contribution in [0.3, 0.4) is 0 Å². The summed E-state index contributed by atoms with van der Waals surface area (Å²) in [5, 5.41) is 28.1. The van der Waals surface area contributed by atoms with E-state index in [0.717, 1.165) is 18.5 Å². The fourth-order valence-electron chi connectivity index (χ4n) is 5.03. The van der Waals surface area contributed by atoms with E-state index < -0.39 is 36.2 Å². The monoisotopic (exact) mass is 687 g/mol. The van der Waals surface area contributed by atoms with Crippen molar-refractivity contribution in [1.29, 1.82) is 0 Å². The van der Waals surface area contributed by atoms with E-state index in [1.54, 1.807) is 18.3 Å². The molecule has 246 valence electrons. The van der Waals surface area contributed by atoms with Gasteiger partial charge in [-0.1, -0.05) is 28.9 Å². The molecule has 6 rings (SSSR count). The van der Waals surface area contributed by atoms with Crippen LogP contribution in [0.2, 0.25) is 5.02 Å². The Morgan fingerprint density at radius 3 is 2.33 bits per heavy atom. The van der Waals surface area contributed by atoms with Crippen LogP contribution in [0.4, 0.5) is 26.3 Å². The van der Waals surface area contributed by atoms with Gasteiger partial charge in [0.05, 0.1) is 39.9 Å². The maximum absolute atomic E-state index is 15.5. The van der Waals surface area contributed by atoms with Crippen LogP contribution in [0.5, 0.6) is 0 Å². The van der Waals surface area contributed by atoms with Gasteiger partial charge in [0, 0.05) is 36.0 Å². The molecule has 1 atom stereocenters. The topological polar surface area (TPSA) is 136 Å². The zero-order chi connectivity index (χ0) is 34.3. The van der Waals surface area contributed by atoms with Gasteiger partial charge < -0.3 is 10.9 Å². The van der Waals surface area contributed by atoms with E-state index in [0.29, 0.717) is 31.4 Å². The summed E-state index contributed by atoms with van der Waals surface area (Å²) in [5.74, 6) is -1.64. The molecular weight excluding hydrogens is 668 g/mol. The van der Waals surface area contributed by atoms with Crippen molar-refractivity contribution in [2.24, 2.45) is 5.73 Å². The molecule has 0 aliphatic heterocycles. The first-order valence-electron chi connectivity index (χ1n) is 13.8. The van der Waals surface area contributed by atoms with Crippen molar-refractivity contribution in [3.8, 4) is 27.9 Å². The number of amides is 1. The standard InChI is InChI=1S/C30H20ClF6N9O2/c31-21-6-8-23(45-15-25(40-42-45)30(35,36)37)26(27(21)32)18-5-7-22(46(48)14-18)24(11-20-9-10-43(41-20)29(33)34)44-13-19(12-39-44)16-1-3-17(4-2-16)28(38)47/h1-10,12-15,24,29H,11H2,(H2,38,47)/t24-/m1/s1. The first-order chi connectivity index (χ1) is 22.8. The Balaban J connectivity index is 1.42. The number of aromatic nitrogens is 8. The third-order valence-electron chi connectivity index (χ3n) is 7.37. The van der Waals surface area contributed by atoms with E-state index in [9.17, 15) is 32.0 Å². The average Bonchev–Trinajstić information content (AvgIpc) is 3.83. The summed E-state index contributed by atoms with van der Waals surface area (Å²) in [6.07, 6.45) is 0.831. The average molecular weight is 688 g/mol. The third kappa shape index (κ3) is 6.31. The van der Waals surface area contributed by atoms with Crippen molar-refractivity contribution in [3.63, 3.8) is 0 Å². The second kappa shape index (κ2) is 12.5. The number of halogens is 7. The quantitative estimate of drug-likeness (QED) is 0.117. The van der Waals surface area contributed by atoms with E-state index in [-0.39, 0.29) is 45.2 Å². The van der Waals surface area contributed by atoms with Crippen LogP contribution in [0.15, 0.2) is 85.6 Å². The Bertz CT molecular complexity index is 2130. The minimum atomic E-state index is -4.82. The highest BCUT2D eigenvalue weighted by Gasteiger charge is 2.35. The fourth-order valence-corrected chi connectivity index (χ4v) is 5.18. The second-order valence-corrected chi connectivity index (χ2v) is 10.8. The van der Waals surface area contributed by atoms with Crippen LogP contribution in [0.1, 0.15) is 40.0 Å². The summed E-state index contributed by atoms with van der Waals surface area (Å²) < 4.78 is 84.7. The lowest BCUT2D eigenvalue weighted by Crippen LogP contribution is -2.36. The molecule has 48 heavy (non-hydrogen) atoms. The zero-order valence-electron chi connectivity index (χ0n) is 24.1. The van der Waals surface area contributed by atoms with Gasteiger partial charge in [0.15, 0.2) is 17.7 Å². The molecule has 4 heterocycles. The molecule has 0 aliphatic rings. The molecule has 0 bridgehead atoms. The number of hydrogen-bond acceptors (Lipinski definition) is 6. The lowest BCUT2D eigenvalue weighted by atomic mass is 10.0. The van der Waals surface area contributed by atoms with Crippen molar-refractivity contribution >= 4 is 17.5 Å². The van der Waals surface area contributed by atoms with Gasteiger partial charge in [0.25, 0.3) is 0 Å². The minimum absolute atomic E-state index is 0.0353. The van der Waals surface area contributed by atoms with Crippen molar-refractivity contribution < 1.29 is 35.9 Å². The molecule has 0 radical (unpaired) electrons.